The van der Waals surface area contributed by atoms with Crippen LogP contribution in [0.25, 0.3) is 10.6 Å². The monoisotopic (exact) mass is 322 g/mol. The van der Waals surface area contributed by atoms with E-state index >= 15 is 0 Å². The summed E-state index contributed by atoms with van der Waals surface area (Å²) in [7, 11) is 0. The molecule has 0 aliphatic heterocycles. The molecule has 2 heterocycles. The lowest BCUT2D eigenvalue weighted by Gasteiger charge is -2.00. The largest absolute Gasteiger partial charge is 0.300 e. The molecule has 23 heavy (non-hydrogen) atoms. The van der Waals surface area contributed by atoms with Crippen molar-refractivity contribution in [3.63, 3.8) is 0 Å². The highest BCUT2D eigenvalue weighted by atomic mass is 32.1. The van der Waals surface area contributed by atoms with Crippen LogP contribution in [0.1, 0.15) is 17.9 Å². The smallest absolute Gasteiger partial charge is 0.229 e. The number of carbonyl (C=O) groups excluding carboxylic acids is 1. The summed E-state index contributed by atoms with van der Waals surface area (Å²) in [6, 6.07) is 13.9. The summed E-state index contributed by atoms with van der Waals surface area (Å²) in [4.78, 5) is 16.4. The quantitative estimate of drug-likeness (QED) is 0.800. The van der Waals surface area contributed by atoms with E-state index < -0.39 is 0 Å². The lowest BCUT2D eigenvalue weighted by Crippen LogP contribution is -2.14. The molecule has 1 saturated carbocycles. The van der Waals surface area contributed by atoms with Gasteiger partial charge in [-0.05, 0) is 30.0 Å². The molecule has 1 fully saturated rings. The second-order valence-corrected chi connectivity index (χ2v) is 6.48. The average molecular weight is 322 g/mol. The molecule has 2 atom stereocenters. The van der Waals surface area contributed by atoms with Gasteiger partial charge in [0.2, 0.25) is 11.0 Å². The van der Waals surface area contributed by atoms with Crippen molar-refractivity contribution in [1.29, 1.82) is 0 Å². The molecule has 2 aromatic heterocycles. The van der Waals surface area contributed by atoms with Gasteiger partial charge in [-0.25, -0.2) is 0 Å². The predicted molar refractivity (Wildman–Crippen MR) is 89.1 cm³/mol. The number of nitrogens with zero attached hydrogens (tertiary/aromatic N) is 3. The van der Waals surface area contributed by atoms with Gasteiger partial charge in [-0.3, -0.25) is 9.78 Å². The summed E-state index contributed by atoms with van der Waals surface area (Å²) < 4.78 is 0. The van der Waals surface area contributed by atoms with Crippen LogP contribution in [0.3, 0.4) is 0 Å². The van der Waals surface area contributed by atoms with Gasteiger partial charge in [-0.2, -0.15) is 0 Å². The summed E-state index contributed by atoms with van der Waals surface area (Å²) in [5.74, 6) is 0.373. The molecule has 0 spiro atoms. The molecule has 3 aromatic rings. The van der Waals surface area contributed by atoms with Crippen LogP contribution in [0.15, 0.2) is 54.9 Å². The molecule has 5 nitrogen and oxygen atoms in total. The average Bonchev–Trinajstić information content (AvgIpc) is 3.29. The van der Waals surface area contributed by atoms with Crippen molar-refractivity contribution >= 4 is 22.4 Å². The van der Waals surface area contributed by atoms with Crippen LogP contribution in [0.4, 0.5) is 5.13 Å². The van der Waals surface area contributed by atoms with Crippen LogP contribution in [0.5, 0.6) is 0 Å². The van der Waals surface area contributed by atoms with Gasteiger partial charge in [0.15, 0.2) is 5.01 Å². The fourth-order valence-electron chi connectivity index (χ4n) is 2.63. The topological polar surface area (TPSA) is 67.8 Å². The molecule has 1 aliphatic rings. The number of aromatic nitrogens is 3. The zero-order chi connectivity index (χ0) is 15.6. The van der Waals surface area contributed by atoms with Crippen LogP contribution in [-0.2, 0) is 4.79 Å². The van der Waals surface area contributed by atoms with Crippen molar-refractivity contribution in [3.05, 3.63) is 60.4 Å². The summed E-state index contributed by atoms with van der Waals surface area (Å²) in [5.41, 5.74) is 2.13. The molecular weight excluding hydrogens is 308 g/mol. The number of anilines is 1. The Morgan fingerprint density at radius 1 is 1.13 bits per heavy atom. The first kappa shape index (κ1) is 14.0. The van der Waals surface area contributed by atoms with Gasteiger partial charge in [0, 0.05) is 23.9 Å². The van der Waals surface area contributed by atoms with Gasteiger partial charge < -0.3 is 5.32 Å². The molecule has 114 valence electrons. The van der Waals surface area contributed by atoms with Crippen LogP contribution >= 0.6 is 11.3 Å². The molecule has 0 radical (unpaired) electrons. The van der Waals surface area contributed by atoms with E-state index in [0.29, 0.717) is 11.0 Å². The van der Waals surface area contributed by atoms with Gasteiger partial charge in [0.25, 0.3) is 0 Å². The van der Waals surface area contributed by atoms with Gasteiger partial charge in [0.1, 0.15) is 0 Å². The molecule has 0 saturated heterocycles. The Morgan fingerprint density at radius 2 is 2.00 bits per heavy atom. The molecule has 0 bridgehead atoms. The highest BCUT2D eigenvalue weighted by Crippen LogP contribution is 2.48. The van der Waals surface area contributed by atoms with E-state index in [-0.39, 0.29) is 11.8 Å². The normalized spacial score (nSPS) is 19.3. The van der Waals surface area contributed by atoms with Gasteiger partial charge in [-0.15, -0.1) is 10.2 Å². The Labute approximate surface area is 137 Å². The number of amides is 1. The Kier molecular flexibility index (Phi) is 3.59. The number of pyridine rings is 1. The third kappa shape index (κ3) is 2.98. The number of hydrogen-bond donors (Lipinski definition) is 1. The van der Waals surface area contributed by atoms with E-state index in [2.05, 4.69) is 32.6 Å². The zero-order valence-electron chi connectivity index (χ0n) is 12.2. The van der Waals surface area contributed by atoms with Crippen molar-refractivity contribution < 1.29 is 4.79 Å². The Bertz CT molecular complexity index is 819. The molecule has 0 unspecified atom stereocenters. The molecular formula is C17H14N4OS. The van der Waals surface area contributed by atoms with E-state index in [1.807, 2.05) is 30.3 Å². The van der Waals surface area contributed by atoms with E-state index in [0.717, 1.165) is 17.0 Å². The van der Waals surface area contributed by atoms with E-state index in [1.54, 1.807) is 12.4 Å². The van der Waals surface area contributed by atoms with Crippen LogP contribution in [0, 0.1) is 5.92 Å². The lowest BCUT2D eigenvalue weighted by molar-refractivity contribution is -0.117. The zero-order valence-corrected chi connectivity index (χ0v) is 13.0. The SMILES string of the molecule is O=C(Nc1nnc(-c2cccnc2)s1)[C@H]1C[C@H]1c1ccccc1. The first-order valence-corrected chi connectivity index (χ1v) is 8.22. The van der Waals surface area contributed by atoms with Gasteiger partial charge in [-0.1, -0.05) is 41.7 Å². The minimum Gasteiger partial charge on any atom is -0.300 e. The van der Waals surface area contributed by atoms with E-state index in [9.17, 15) is 4.79 Å². The third-order valence-electron chi connectivity index (χ3n) is 3.92. The minimum absolute atomic E-state index is 0.0211. The van der Waals surface area contributed by atoms with E-state index in [1.165, 1.54) is 16.9 Å². The Hall–Kier alpha value is -2.60. The number of carbonyl (C=O) groups is 1. The number of nitrogens with one attached hydrogen (secondary N) is 1. The fraction of sp³-hybridized carbons (Fsp3) is 0.176. The summed E-state index contributed by atoms with van der Waals surface area (Å²) in [5, 5.41) is 12.3. The third-order valence-corrected chi connectivity index (χ3v) is 4.81. The number of benzene rings is 1. The van der Waals surface area contributed by atoms with E-state index in [4.69, 9.17) is 0 Å². The van der Waals surface area contributed by atoms with Crippen molar-refractivity contribution in [2.45, 2.75) is 12.3 Å². The lowest BCUT2D eigenvalue weighted by atomic mass is 10.1. The molecule has 1 amide bonds. The maximum atomic E-state index is 12.3. The molecule has 6 heteroatoms. The summed E-state index contributed by atoms with van der Waals surface area (Å²) in [6.45, 7) is 0. The van der Waals surface area contributed by atoms with Crippen molar-refractivity contribution in [3.8, 4) is 10.6 Å². The number of hydrogen-bond acceptors (Lipinski definition) is 5. The molecule has 4 rings (SSSR count). The maximum absolute atomic E-state index is 12.3. The van der Waals surface area contributed by atoms with Crippen LogP contribution in [0.2, 0.25) is 0 Å². The first-order valence-electron chi connectivity index (χ1n) is 7.41. The Balaban J connectivity index is 1.42. The van der Waals surface area contributed by atoms with Crippen LogP contribution in [-0.4, -0.2) is 21.1 Å². The van der Waals surface area contributed by atoms with Crippen molar-refractivity contribution in [2.75, 3.05) is 5.32 Å². The highest BCUT2D eigenvalue weighted by Gasteiger charge is 2.44. The van der Waals surface area contributed by atoms with Gasteiger partial charge >= 0.3 is 0 Å². The minimum atomic E-state index is 0.0211. The fourth-order valence-corrected chi connectivity index (χ4v) is 3.37. The first-order chi connectivity index (χ1) is 11.3. The molecule has 1 aromatic carbocycles. The second kappa shape index (κ2) is 5.89. The molecule has 1 N–H and O–H groups in total. The highest BCUT2D eigenvalue weighted by molar-refractivity contribution is 7.18. The van der Waals surface area contributed by atoms with Crippen LogP contribution < -0.4 is 5.32 Å². The maximum Gasteiger partial charge on any atom is 0.229 e. The molecule has 1 aliphatic carbocycles. The summed E-state index contributed by atoms with van der Waals surface area (Å²) in [6.07, 6.45) is 4.34. The number of rotatable bonds is 4. The second-order valence-electron chi connectivity index (χ2n) is 5.50. The van der Waals surface area contributed by atoms with Crippen molar-refractivity contribution in [2.24, 2.45) is 5.92 Å². The Morgan fingerprint density at radius 3 is 2.78 bits per heavy atom. The predicted octanol–water partition coefficient (Wildman–Crippen LogP) is 3.34. The van der Waals surface area contributed by atoms with Gasteiger partial charge in [0.05, 0.1) is 0 Å². The summed E-state index contributed by atoms with van der Waals surface area (Å²) >= 11 is 1.36. The van der Waals surface area contributed by atoms with Crippen molar-refractivity contribution in [1.82, 2.24) is 15.2 Å². The standard InChI is InChI=1S/C17H14N4OS/c22-15(14-9-13(14)11-5-2-1-3-6-11)19-17-21-20-16(23-17)12-7-4-8-18-10-12/h1-8,10,13-14H,9H2,(H,19,21,22)/t13-,14-/m0/s1.